The lowest BCUT2D eigenvalue weighted by Crippen LogP contribution is -2.43. The van der Waals surface area contributed by atoms with E-state index in [1.807, 2.05) is 6.07 Å². The quantitative estimate of drug-likeness (QED) is 0.317. The van der Waals surface area contributed by atoms with Gasteiger partial charge in [0.1, 0.15) is 11.9 Å². The van der Waals surface area contributed by atoms with E-state index in [4.69, 9.17) is 28.0 Å². The Morgan fingerprint density at radius 2 is 1.94 bits per heavy atom. The minimum Gasteiger partial charge on any atom is -0.480 e. The molecule has 3 rings (SSSR count). The number of anilines is 1. The molecule has 1 aliphatic rings. The summed E-state index contributed by atoms with van der Waals surface area (Å²) in [5, 5.41) is 23.5. The summed E-state index contributed by atoms with van der Waals surface area (Å²) in [4.78, 5) is 34.5. The summed E-state index contributed by atoms with van der Waals surface area (Å²) in [6.45, 7) is 0.707. The second-order valence-electron chi connectivity index (χ2n) is 7.78. The van der Waals surface area contributed by atoms with Crippen molar-refractivity contribution in [2.24, 2.45) is 0 Å². The first-order valence-corrected chi connectivity index (χ1v) is 11.7. The second-order valence-corrected chi connectivity index (χ2v) is 8.59. The number of carboxylic acid groups (broad SMARTS) is 1. The third kappa shape index (κ3) is 6.80. The summed E-state index contributed by atoms with van der Waals surface area (Å²) in [5.41, 5.74) is 2.12. The highest BCUT2D eigenvalue weighted by molar-refractivity contribution is 6.39. The maximum atomic E-state index is 12.7. The molecular formula is C23H27Cl2N3O5. The molecular weight excluding hydrogens is 469 g/mol. The van der Waals surface area contributed by atoms with Crippen molar-refractivity contribution in [1.29, 1.82) is 0 Å². The fourth-order valence-corrected chi connectivity index (χ4v) is 4.26. The minimum atomic E-state index is -1.20. The van der Waals surface area contributed by atoms with Gasteiger partial charge in [0.25, 0.3) is 0 Å². The van der Waals surface area contributed by atoms with Crippen molar-refractivity contribution in [3.63, 3.8) is 0 Å². The predicted molar refractivity (Wildman–Crippen MR) is 126 cm³/mol. The number of hydrogen-bond donors (Lipinski definition) is 3. The van der Waals surface area contributed by atoms with E-state index >= 15 is 0 Å². The number of carbonyl (C=O) groups excluding carboxylic acids is 1. The van der Waals surface area contributed by atoms with Gasteiger partial charge in [0.15, 0.2) is 0 Å². The molecule has 0 saturated carbocycles. The number of nitrogens with one attached hydrogen (secondary N) is 1. The Labute approximate surface area is 202 Å². The van der Waals surface area contributed by atoms with E-state index in [0.29, 0.717) is 19.3 Å². The van der Waals surface area contributed by atoms with Crippen LogP contribution in [0.4, 0.5) is 5.82 Å². The molecule has 0 unspecified atom stereocenters. The van der Waals surface area contributed by atoms with Gasteiger partial charge in [-0.2, -0.15) is 0 Å². The van der Waals surface area contributed by atoms with E-state index in [1.165, 1.54) is 17.7 Å². The molecule has 2 heterocycles. The van der Waals surface area contributed by atoms with E-state index in [-0.39, 0.29) is 35.2 Å². The highest BCUT2D eigenvalue weighted by Gasteiger charge is 2.30. The van der Waals surface area contributed by atoms with E-state index in [2.05, 4.69) is 16.4 Å². The van der Waals surface area contributed by atoms with Crippen molar-refractivity contribution in [2.75, 3.05) is 25.0 Å². The summed E-state index contributed by atoms with van der Waals surface area (Å²) in [6, 6.07) is 7.48. The molecule has 178 valence electrons. The van der Waals surface area contributed by atoms with Crippen LogP contribution < -0.4 is 5.32 Å². The molecule has 1 atom stereocenters. The van der Waals surface area contributed by atoms with Gasteiger partial charge in [-0.1, -0.05) is 35.3 Å². The standard InChI is InChI=1S/C23H27Cl2N3O5/c24-17-7-3-8-18(25)20(17)23(32)33-28(19(11-14-29)22(30)31)13-2-1-6-16-10-9-15-5-4-12-26-21(15)27-16/h3,7-10,19,29H,1-2,4-6,11-14H2,(H,26,27)(H,30,31)/t19-/m1/s1. The van der Waals surface area contributed by atoms with Gasteiger partial charge in [0.05, 0.1) is 15.6 Å². The lowest BCUT2D eigenvalue weighted by molar-refractivity contribution is -0.174. The maximum Gasteiger partial charge on any atom is 0.360 e. The molecule has 0 fully saturated rings. The van der Waals surface area contributed by atoms with Crippen molar-refractivity contribution in [1.82, 2.24) is 10.0 Å². The summed E-state index contributed by atoms with van der Waals surface area (Å²) >= 11 is 12.2. The number of aliphatic hydroxyl groups is 1. The van der Waals surface area contributed by atoms with Crippen LogP contribution in [0.25, 0.3) is 0 Å². The molecule has 1 aromatic carbocycles. The first-order chi connectivity index (χ1) is 15.9. The number of pyridine rings is 1. The van der Waals surface area contributed by atoms with Gasteiger partial charge in [0, 0.05) is 25.4 Å². The molecule has 3 N–H and O–H groups in total. The van der Waals surface area contributed by atoms with Crippen LogP contribution in [0.5, 0.6) is 0 Å². The molecule has 0 saturated heterocycles. The number of halogens is 2. The number of rotatable bonds is 11. The lowest BCUT2D eigenvalue weighted by Gasteiger charge is -2.27. The highest BCUT2D eigenvalue weighted by atomic mass is 35.5. The van der Waals surface area contributed by atoms with Crippen LogP contribution >= 0.6 is 23.2 Å². The molecule has 0 amide bonds. The summed E-state index contributed by atoms with van der Waals surface area (Å²) in [6.07, 6.45) is 3.97. The molecule has 2 aromatic rings. The van der Waals surface area contributed by atoms with E-state index in [9.17, 15) is 19.8 Å². The number of hydrogen-bond acceptors (Lipinski definition) is 7. The molecule has 0 aliphatic carbocycles. The average Bonchev–Trinajstić information content (AvgIpc) is 2.79. The van der Waals surface area contributed by atoms with Crippen LogP contribution in [0, 0.1) is 0 Å². The van der Waals surface area contributed by atoms with E-state index < -0.39 is 18.0 Å². The van der Waals surface area contributed by atoms with Crippen LogP contribution in [0.3, 0.4) is 0 Å². The minimum absolute atomic E-state index is 0.0373. The molecule has 1 aliphatic heterocycles. The number of carbonyl (C=O) groups is 2. The van der Waals surface area contributed by atoms with Crippen molar-refractivity contribution in [3.05, 3.63) is 57.2 Å². The summed E-state index contributed by atoms with van der Waals surface area (Å²) < 4.78 is 0. The van der Waals surface area contributed by atoms with Crippen LogP contribution in [0.2, 0.25) is 10.0 Å². The van der Waals surface area contributed by atoms with Gasteiger partial charge in [0.2, 0.25) is 0 Å². The number of aromatic nitrogens is 1. The zero-order chi connectivity index (χ0) is 23.8. The van der Waals surface area contributed by atoms with Crippen LogP contribution in [-0.4, -0.2) is 57.9 Å². The predicted octanol–water partition coefficient (Wildman–Crippen LogP) is 3.98. The fourth-order valence-electron chi connectivity index (χ4n) is 3.70. The highest BCUT2D eigenvalue weighted by Crippen LogP contribution is 2.26. The second kappa shape index (κ2) is 12.2. The van der Waals surface area contributed by atoms with E-state index in [1.54, 1.807) is 6.07 Å². The Kier molecular flexibility index (Phi) is 9.31. The molecule has 10 heteroatoms. The zero-order valence-electron chi connectivity index (χ0n) is 18.1. The summed E-state index contributed by atoms with van der Waals surface area (Å²) in [5.74, 6) is -1.12. The Balaban J connectivity index is 1.64. The molecule has 0 spiro atoms. The van der Waals surface area contributed by atoms with Crippen LogP contribution in [0.1, 0.15) is 47.3 Å². The Morgan fingerprint density at radius 3 is 2.64 bits per heavy atom. The number of aryl methyl sites for hydroxylation is 2. The van der Waals surface area contributed by atoms with Crippen molar-refractivity contribution in [3.8, 4) is 0 Å². The normalized spacial score (nSPS) is 13.8. The number of unbranched alkanes of at least 4 members (excludes halogenated alkanes) is 1. The van der Waals surface area contributed by atoms with Gasteiger partial charge in [-0.05, 0) is 62.3 Å². The third-order valence-corrected chi connectivity index (χ3v) is 6.05. The Bertz CT molecular complexity index is 968. The number of carboxylic acids is 1. The molecule has 33 heavy (non-hydrogen) atoms. The number of aliphatic carboxylic acids is 1. The number of hydroxylamine groups is 2. The van der Waals surface area contributed by atoms with Crippen molar-refractivity contribution < 1.29 is 24.6 Å². The first kappa shape index (κ1) is 25.2. The monoisotopic (exact) mass is 495 g/mol. The first-order valence-electron chi connectivity index (χ1n) is 10.9. The maximum absolute atomic E-state index is 12.7. The summed E-state index contributed by atoms with van der Waals surface area (Å²) in [7, 11) is 0. The third-order valence-electron chi connectivity index (χ3n) is 5.42. The van der Waals surface area contributed by atoms with Gasteiger partial charge >= 0.3 is 11.9 Å². The SMILES string of the molecule is O=C(ON(CCCCc1ccc2c(n1)NCCC2)[C@H](CCO)C(=O)O)c1c(Cl)cccc1Cl. The van der Waals surface area contributed by atoms with Crippen molar-refractivity contribution >= 4 is 41.0 Å². The zero-order valence-corrected chi connectivity index (χ0v) is 19.6. The Hall–Kier alpha value is -2.39. The Morgan fingerprint density at radius 1 is 1.18 bits per heavy atom. The smallest absolute Gasteiger partial charge is 0.360 e. The van der Waals surface area contributed by atoms with E-state index in [0.717, 1.165) is 36.0 Å². The topological polar surface area (TPSA) is 112 Å². The number of fused-ring (bicyclic) bond motifs is 1. The van der Waals surface area contributed by atoms with Gasteiger partial charge in [-0.25, -0.2) is 9.78 Å². The average molecular weight is 496 g/mol. The number of nitrogens with zero attached hydrogens (tertiary/aromatic N) is 2. The number of benzene rings is 1. The fraction of sp³-hybridized carbons (Fsp3) is 0.435. The van der Waals surface area contributed by atoms with Gasteiger partial charge in [-0.3, -0.25) is 4.79 Å². The van der Waals surface area contributed by atoms with Crippen LogP contribution in [0.15, 0.2) is 30.3 Å². The van der Waals surface area contributed by atoms with Gasteiger partial charge in [-0.15, -0.1) is 5.06 Å². The van der Waals surface area contributed by atoms with Crippen LogP contribution in [-0.2, 0) is 22.5 Å². The molecule has 0 radical (unpaired) electrons. The van der Waals surface area contributed by atoms with Gasteiger partial charge < -0.3 is 20.4 Å². The molecule has 0 bridgehead atoms. The lowest BCUT2D eigenvalue weighted by atomic mass is 10.1. The van der Waals surface area contributed by atoms with Crippen molar-refractivity contribution in [2.45, 2.75) is 44.6 Å². The molecule has 8 nitrogen and oxygen atoms in total. The number of aliphatic hydroxyl groups excluding tert-OH is 1. The molecule has 1 aromatic heterocycles. The largest absolute Gasteiger partial charge is 0.480 e.